The number of aliphatic hydroxyl groups excluding tert-OH is 1. The van der Waals surface area contributed by atoms with Gasteiger partial charge in [0.2, 0.25) is 10.0 Å². The van der Waals surface area contributed by atoms with Gasteiger partial charge in [-0.25, -0.2) is 8.42 Å². The standard InChI is InChI=1S/C8H17NO6S/c1-6(2)15-3-4-16(13,14)9-7(5-10)8(11)12/h6-7,9-10H,3-5H2,1-2H3,(H,11,12)/t7-/m1/s1. The lowest BCUT2D eigenvalue weighted by atomic mass is 10.3. The maximum atomic E-state index is 11.3. The molecule has 0 fully saturated rings. The van der Waals surface area contributed by atoms with Crippen LogP contribution >= 0.6 is 0 Å². The molecule has 0 aromatic carbocycles. The Hall–Kier alpha value is -0.700. The number of aliphatic hydroxyl groups is 1. The molecule has 0 radical (unpaired) electrons. The fourth-order valence-electron chi connectivity index (χ4n) is 0.835. The van der Waals surface area contributed by atoms with Crippen molar-refractivity contribution in [3.05, 3.63) is 0 Å². The highest BCUT2D eigenvalue weighted by molar-refractivity contribution is 7.89. The maximum absolute atomic E-state index is 11.3. The highest BCUT2D eigenvalue weighted by Gasteiger charge is 2.22. The van der Waals surface area contributed by atoms with Crippen LogP contribution in [0.1, 0.15) is 13.8 Å². The molecule has 3 N–H and O–H groups in total. The van der Waals surface area contributed by atoms with E-state index in [1.54, 1.807) is 13.8 Å². The van der Waals surface area contributed by atoms with E-state index in [1.807, 2.05) is 4.72 Å². The number of hydrogen-bond donors (Lipinski definition) is 3. The number of nitrogens with one attached hydrogen (secondary N) is 1. The van der Waals surface area contributed by atoms with Crippen LogP contribution in [0.15, 0.2) is 0 Å². The molecule has 0 spiro atoms. The Labute approximate surface area is 94.5 Å². The first-order valence-electron chi connectivity index (χ1n) is 4.73. The van der Waals surface area contributed by atoms with Crippen LogP contribution in [0.3, 0.4) is 0 Å². The quantitative estimate of drug-likeness (QED) is 0.501. The largest absolute Gasteiger partial charge is 0.480 e. The Bertz CT molecular complexity index is 312. The van der Waals surface area contributed by atoms with Crippen LogP contribution in [0.2, 0.25) is 0 Å². The van der Waals surface area contributed by atoms with E-state index in [1.165, 1.54) is 0 Å². The van der Waals surface area contributed by atoms with Gasteiger partial charge in [0.05, 0.1) is 25.1 Å². The van der Waals surface area contributed by atoms with E-state index in [0.717, 1.165) is 0 Å². The number of ether oxygens (including phenoxy) is 1. The van der Waals surface area contributed by atoms with E-state index in [-0.39, 0.29) is 18.5 Å². The number of hydrogen-bond acceptors (Lipinski definition) is 5. The summed E-state index contributed by atoms with van der Waals surface area (Å²) in [7, 11) is -3.75. The third kappa shape index (κ3) is 6.72. The zero-order valence-electron chi connectivity index (χ0n) is 9.21. The molecule has 8 heteroatoms. The summed E-state index contributed by atoms with van der Waals surface area (Å²) in [6, 6.07) is -1.51. The van der Waals surface area contributed by atoms with Gasteiger partial charge in [-0.05, 0) is 13.8 Å². The van der Waals surface area contributed by atoms with Gasteiger partial charge in [-0.15, -0.1) is 0 Å². The first kappa shape index (κ1) is 15.3. The van der Waals surface area contributed by atoms with Crippen molar-refractivity contribution in [3.8, 4) is 0 Å². The van der Waals surface area contributed by atoms with Crippen molar-refractivity contribution >= 4 is 16.0 Å². The Morgan fingerprint density at radius 2 is 2.00 bits per heavy atom. The zero-order valence-corrected chi connectivity index (χ0v) is 10.0. The highest BCUT2D eigenvalue weighted by Crippen LogP contribution is 1.93. The van der Waals surface area contributed by atoms with Crippen molar-refractivity contribution in [2.75, 3.05) is 19.0 Å². The fourth-order valence-corrected chi connectivity index (χ4v) is 1.88. The average Bonchev–Trinajstić information content (AvgIpc) is 2.12. The fraction of sp³-hybridized carbons (Fsp3) is 0.875. The van der Waals surface area contributed by atoms with Gasteiger partial charge in [-0.2, -0.15) is 4.72 Å². The third-order valence-corrected chi connectivity index (χ3v) is 2.95. The second-order valence-corrected chi connectivity index (χ2v) is 5.30. The molecule has 96 valence electrons. The van der Waals surface area contributed by atoms with E-state index in [4.69, 9.17) is 14.9 Å². The van der Waals surface area contributed by atoms with Gasteiger partial charge in [0.15, 0.2) is 0 Å². The predicted octanol–water partition coefficient (Wildman–Crippen LogP) is -1.22. The highest BCUT2D eigenvalue weighted by atomic mass is 32.2. The lowest BCUT2D eigenvalue weighted by molar-refractivity contribution is -0.139. The van der Waals surface area contributed by atoms with E-state index in [2.05, 4.69) is 0 Å². The van der Waals surface area contributed by atoms with Crippen molar-refractivity contribution in [2.24, 2.45) is 0 Å². The topological polar surface area (TPSA) is 113 Å². The first-order chi connectivity index (χ1) is 7.28. The van der Waals surface area contributed by atoms with Crippen LogP contribution < -0.4 is 4.72 Å². The van der Waals surface area contributed by atoms with Gasteiger partial charge in [-0.3, -0.25) is 4.79 Å². The molecular weight excluding hydrogens is 238 g/mol. The molecular formula is C8H17NO6S. The lowest BCUT2D eigenvalue weighted by Crippen LogP contribution is -2.44. The van der Waals surface area contributed by atoms with Crippen LogP contribution in [0.4, 0.5) is 0 Å². The van der Waals surface area contributed by atoms with Gasteiger partial charge >= 0.3 is 5.97 Å². The van der Waals surface area contributed by atoms with E-state index in [9.17, 15) is 13.2 Å². The SMILES string of the molecule is CC(C)OCCS(=O)(=O)N[C@H](CO)C(=O)O. The molecule has 0 rings (SSSR count). The third-order valence-electron chi connectivity index (χ3n) is 1.61. The molecule has 0 unspecified atom stereocenters. The smallest absolute Gasteiger partial charge is 0.324 e. The monoisotopic (exact) mass is 255 g/mol. The molecule has 0 heterocycles. The molecule has 0 aliphatic rings. The minimum absolute atomic E-state index is 0.0230. The lowest BCUT2D eigenvalue weighted by Gasteiger charge is -2.13. The van der Waals surface area contributed by atoms with Crippen LogP contribution in [0.25, 0.3) is 0 Å². The molecule has 0 amide bonds. The van der Waals surface area contributed by atoms with Crippen molar-refractivity contribution < 1.29 is 28.2 Å². The van der Waals surface area contributed by atoms with E-state index >= 15 is 0 Å². The van der Waals surface area contributed by atoms with Crippen molar-refractivity contribution in [1.82, 2.24) is 4.72 Å². The van der Waals surface area contributed by atoms with Crippen LogP contribution in [-0.4, -0.2) is 55.7 Å². The van der Waals surface area contributed by atoms with Crippen LogP contribution in [-0.2, 0) is 19.6 Å². The molecule has 0 saturated carbocycles. The van der Waals surface area contributed by atoms with E-state index in [0.29, 0.717) is 0 Å². The molecule has 0 bridgehead atoms. The van der Waals surface area contributed by atoms with Crippen molar-refractivity contribution in [1.29, 1.82) is 0 Å². The minimum atomic E-state index is -3.75. The zero-order chi connectivity index (χ0) is 12.8. The van der Waals surface area contributed by atoms with Gasteiger partial charge in [0.25, 0.3) is 0 Å². The molecule has 16 heavy (non-hydrogen) atoms. The molecule has 0 aromatic heterocycles. The number of rotatable bonds is 8. The molecule has 7 nitrogen and oxygen atoms in total. The summed E-state index contributed by atoms with van der Waals surface area (Å²) in [5.41, 5.74) is 0. The van der Waals surface area contributed by atoms with Crippen LogP contribution in [0, 0.1) is 0 Å². The maximum Gasteiger partial charge on any atom is 0.324 e. The van der Waals surface area contributed by atoms with Crippen LogP contribution in [0.5, 0.6) is 0 Å². The Morgan fingerprint density at radius 1 is 1.44 bits per heavy atom. The number of carbonyl (C=O) groups is 1. The molecule has 0 aromatic rings. The number of aliphatic carboxylic acids is 1. The van der Waals surface area contributed by atoms with Gasteiger partial charge in [0.1, 0.15) is 6.04 Å². The summed E-state index contributed by atoms with van der Waals surface area (Å²) in [5.74, 6) is -1.76. The summed E-state index contributed by atoms with van der Waals surface area (Å²) in [6.45, 7) is 2.70. The first-order valence-corrected chi connectivity index (χ1v) is 6.39. The summed E-state index contributed by atoms with van der Waals surface area (Å²) in [6.07, 6.45) is -0.0942. The van der Waals surface area contributed by atoms with Crippen molar-refractivity contribution in [2.45, 2.75) is 26.0 Å². The number of carboxylic acids is 1. The number of carboxylic acid groups (broad SMARTS) is 1. The summed E-state index contributed by atoms with van der Waals surface area (Å²) in [4.78, 5) is 10.5. The Morgan fingerprint density at radius 3 is 2.38 bits per heavy atom. The van der Waals surface area contributed by atoms with Gasteiger partial charge in [0, 0.05) is 0 Å². The molecule has 0 saturated heterocycles. The van der Waals surface area contributed by atoms with Crippen molar-refractivity contribution in [3.63, 3.8) is 0 Å². The molecule has 0 aliphatic carbocycles. The van der Waals surface area contributed by atoms with Gasteiger partial charge in [-0.1, -0.05) is 0 Å². The number of sulfonamides is 1. The van der Waals surface area contributed by atoms with Gasteiger partial charge < -0.3 is 14.9 Å². The Balaban J connectivity index is 4.18. The summed E-state index contributed by atoms with van der Waals surface area (Å²) < 4.78 is 29.5. The van der Waals surface area contributed by atoms with E-state index < -0.39 is 28.6 Å². The predicted molar refractivity (Wildman–Crippen MR) is 56.5 cm³/mol. The minimum Gasteiger partial charge on any atom is -0.480 e. The average molecular weight is 255 g/mol. The second kappa shape index (κ2) is 6.79. The Kier molecular flexibility index (Phi) is 6.49. The molecule has 1 atom stereocenters. The summed E-state index contributed by atoms with van der Waals surface area (Å²) >= 11 is 0. The second-order valence-electron chi connectivity index (χ2n) is 3.43. The normalized spacial score (nSPS) is 14.0. The molecule has 0 aliphatic heterocycles. The summed E-state index contributed by atoms with van der Waals surface area (Å²) in [5, 5.41) is 17.2.